The lowest BCUT2D eigenvalue weighted by molar-refractivity contribution is 0.0505. The molecule has 0 aliphatic rings. The maximum atomic E-state index is 12.2. The molecule has 0 bridgehead atoms. The zero-order valence-corrected chi connectivity index (χ0v) is 17.5. The lowest BCUT2D eigenvalue weighted by Crippen LogP contribution is -2.06. The molecule has 7 heteroatoms. The molecular formula is C23H21N3O3S. The zero-order valence-electron chi connectivity index (χ0n) is 16.7. The van der Waals surface area contributed by atoms with Crippen molar-refractivity contribution in [2.45, 2.75) is 13.3 Å². The molecule has 0 spiro atoms. The smallest absolute Gasteiger partial charge is 0.338 e. The van der Waals surface area contributed by atoms with Crippen LogP contribution in [0.1, 0.15) is 23.7 Å². The minimum Gasteiger partial charge on any atom is -0.497 e. The van der Waals surface area contributed by atoms with E-state index < -0.39 is 0 Å². The van der Waals surface area contributed by atoms with Crippen LogP contribution in [0.3, 0.4) is 0 Å². The van der Waals surface area contributed by atoms with Gasteiger partial charge in [0.15, 0.2) is 0 Å². The molecule has 2 aromatic carbocycles. The zero-order chi connectivity index (χ0) is 20.9. The minimum atomic E-state index is -0.331. The molecule has 2 aromatic heterocycles. The van der Waals surface area contributed by atoms with Crippen LogP contribution in [0.15, 0.2) is 60.2 Å². The Balaban J connectivity index is 1.68. The van der Waals surface area contributed by atoms with Gasteiger partial charge in [0.1, 0.15) is 22.7 Å². The van der Waals surface area contributed by atoms with Gasteiger partial charge in [-0.1, -0.05) is 25.1 Å². The summed E-state index contributed by atoms with van der Waals surface area (Å²) in [6.45, 7) is 2.37. The summed E-state index contributed by atoms with van der Waals surface area (Å²) in [4.78, 5) is 21.9. The molecule has 0 saturated heterocycles. The molecule has 0 radical (unpaired) electrons. The molecule has 0 fully saturated rings. The van der Waals surface area contributed by atoms with E-state index in [1.807, 2.05) is 43.3 Å². The highest BCUT2D eigenvalue weighted by Gasteiger charge is 2.14. The van der Waals surface area contributed by atoms with Gasteiger partial charge in [-0.3, -0.25) is 0 Å². The first-order valence-electron chi connectivity index (χ1n) is 9.60. The average Bonchev–Trinajstić information content (AvgIpc) is 3.23. The predicted octanol–water partition coefficient (Wildman–Crippen LogP) is 5.68. The maximum absolute atomic E-state index is 12.2. The van der Waals surface area contributed by atoms with Gasteiger partial charge in [0, 0.05) is 16.6 Å². The molecule has 4 aromatic rings. The van der Waals surface area contributed by atoms with Gasteiger partial charge in [0.25, 0.3) is 0 Å². The van der Waals surface area contributed by atoms with Crippen LogP contribution >= 0.6 is 11.3 Å². The van der Waals surface area contributed by atoms with E-state index in [4.69, 9.17) is 9.47 Å². The maximum Gasteiger partial charge on any atom is 0.338 e. The number of hydrogen-bond donors (Lipinski definition) is 1. The number of esters is 1. The second kappa shape index (κ2) is 8.92. The number of anilines is 2. The van der Waals surface area contributed by atoms with Crippen molar-refractivity contribution in [3.8, 4) is 16.9 Å². The van der Waals surface area contributed by atoms with E-state index >= 15 is 0 Å². The van der Waals surface area contributed by atoms with Gasteiger partial charge in [0.05, 0.1) is 24.7 Å². The first kappa shape index (κ1) is 19.8. The van der Waals surface area contributed by atoms with Crippen LogP contribution in [-0.2, 0) is 4.74 Å². The lowest BCUT2D eigenvalue weighted by atomic mass is 10.1. The Bertz CT molecular complexity index is 1170. The molecule has 0 aliphatic heterocycles. The topological polar surface area (TPSA) is 73.3 Å². The van der Waals surface area contributed by atoms with Gasteiger partial charge < -0.3 is 14.8 Å². The molecule has 0 aliphatic carbocycles. The van der Waals surface area contributed by atoms with Crippen molar-refractivity contribution in [3.05, 3.63) is 65.8 Å². The molecule has 6 nitrogen and oxygen atoms in total. The van der Waals surface area contributed by atoms with Crippen molar-refractivity contribution < 1.29 is 14.3 Å². The molecular weight excluding hydrogens is 398 g/mol. The van der Waals surface area contributed by atoms with Crippen molar-refractivity contribution in [2.75, 3.05) is 19.0 Å². The number of aromatic nitrogens is 2. The highest BCUT2D eigenvalue weighted by molar-refractivity contribution is 7.17. The SMILES string of the molecule is CCCOC(=O)c1cccc(Nc2ncnc3scc(-c4ccc(OC)cc4)c23)c1. The molecule has 0 amide bonds. The number of ether oxygens (including phenoxy) is 2. The standard InChI is InChI=1S/C23H21N3O3S/c1-3-11-29-23(27)16-5-4-6-17(12-16)26-21-20-19(13-30-22(20)25-14-24-21)15-7-9-18(28-2)10-8-15/h4-10,12-14H,3,11H2,1-2H3,(H,24,25,26). The molecule has 30 heavy (non-hydrogen) atoms. The van der Waals surface area contributed by atoms with Crippen molar-refractivity contribution in [2.24, 2.45) is 0 Å². The number of nitrogens with one attached hydrogen (secondary N) is 1. The van der Waals surface area contributed by atoms with Gasteiger partial charge in [-0.2, -0.15) is 0 Å². The van der Waals surface area contributed by atoms with Crippen molar-refractivity contribution in [1.82, 2.24) is 9.97 Å². The van der Waals surface area contributed by atoms with E-state index in [9.17, 15) is 4.79 Å². The first-order valence-corrected chi connectivity index (χ1v) is 10.5. The van der Waals surface area contributed by atoms with Crippen molar-refractivity contribution >= 4 is 39.0 Å². The van der Waals surface area contributed by atoms with Crippen molar-refractivity contribution in [1.29, 1.82) is 0 Å². The molecule has 1 N–H and O–H groups in total. The van der Waals surface area contributed by atoms with E-state index in [0.717, 1.165) is 39.2 Å². The number of hydrogen-bond acceptors (Lipinski definition) is 7. The fourth-order valence-corrected chi connectivity index (χ4v) is 4.01. The lowest BCUT2D eigenvalue weighted by Gasteiger charge is -2.10. The van der Waals surface area contributed by atoms with Crippen LogP contribution in [0.2, 0.25) is 0 Å². The Morgan fingerprint density at radius 1 is 1.13 bits per heavy atom. The minimum absolute atomic E-state index is 0.331. The summed E-state index contributed by atoms with van der Waals surface area (Å²) in [6.07, 6.45) is 2.33. The number of carbonyl (C=O) groups excluding carboxylic acids is 1. The van der Waals surface area contributed by atoms with Crippen LogP contribution in [0.5, 0.6) is 5.75 Å². The molecule has 0 unspecified atom stereocenters. The summed E-state index contributed by atoms with van der Waals surface area (Å²) >= 11 is 1.56. The Morgan fingerprint density at radius 3 is 2.73 bits per heavy atom. The van der Waals surface area contributed by atoms with E-state index in [1.54, 1.807) is 36.9 Å². The van der Waals surface area contributed by atoms with Gasteiger partial charge >= 0.3 is 5.97 Å². The highest BCUT2D eigenvalue weighted by atomic mass is 32.1. The van der Waals surface area contributed by atoms with E-state index in [2.05, 4.69) is 20.7 Å². The quantitative estimate of drug-likeness (QED) is 0.389. The normalized spacial score (nSPS) is 10.7. The average molecular weight is 420 g/mol. The van der Waals surface area contributed by atoms with Gasteiger partial charge in [-0.15, -0.1) is 11.3 Å². The first-order chi connectivity index (χ1) is 14.7. The summed E-state index contributed by atoms with van der Waals surface area (Å²) in [5.74, 6) is 1.16. The monoisotopic (exact) mass is 419 g/mol. The summed E-state index contributed by atoms with van der Waals surface area (Å²) in [6, 6.07) is 15.1. The second-order valence-corrected chi connectivity index (χ2v) is 7.48. The molecule has 152 valence electrons. The third-order valence-electron chi connectivity index (χ3n) is 4.57. The third-order valence-corrected chi connectivity index (χ3v) is 5.46. The van der Waals surface area contributed by atoms with Crippen LogP contribution in [0.25, 0.3) is 21.3 Å². The summed E-state index contributed by atoms with van der Waals surface area (Å²) in [7, 11) is 1.65. The van der Waals surface area contributed by atoms with Crippen LogP contribution in [0, 0.1) is 0 Å². The molecule has 0 saturated carbocycles. The Labute approximate surface area is 178 Å². The van der Waals surface area contributed by atoms with E-state index in [1.165, 1.54) is 0 Å². The number of nitrogens with zero attached hydrogens (tertiary/aromatic N) is 2. The largest absolute Gasteiger partial charge is 0.497 e. The number of fused-ring (bicyclic) bond motifs is 1. The highest BCUT2D eigenvalue weighted by Crippen LogP contribution is 2.37. The Hall–Kier alpha value is -3.45. The van der Waals surface area contributed by atoms with Crippen LogP contribution < -0.4 is 10.1 Å². The predicted molar refractivity (Wildman–Crippen MR) is 120 cm³/mol. The summed E-state index contributed by atoms with van der Waals surface area (Å²) in [5, 5.41) is 6.35. The number of methoxy groups -OCH3 is 1. The van der Waals surface area contributed by atoms with Crippen LogP contribution in [-0.4, -0.2) is 29.7 Å². The Kier molecular flexibility index (Phi) is 5.90. The molecule has 4 rings (SSSR count). The Morgan fingerprint density at radius 2 is 1.97 bits per heavy atom. The fourth-order valence-electron chi connectivity index (χ4n) is 3.09. The summed E-state index contributed by atoms with van der Waals surface area (Å²) < 4.78 is 10.5. The van der Waals surface area contributed by atoms with E-state index in [0.29, 0.717) is 18.0 Å². The second-order valence-electron chi connectivity index (χ2n) is 6.62. The summed E-state index contributed by atoms with van der Waals surface area (Å²) in [5.41, 5.74) is 3.35. The number of carbonyl (C=O) groups is 1. The van der Waals surface area contributed by atoms with Gasteiger partial charge in [-0.25, -0.2) is 14.8 Å². The molecule has 2 heterocycles. The van der Waals surface area contributed by atoms with Crippen LogP contribution in [0.4, 0.5) is 11.5 Å². The fraction of sp³-hybridized carbons (Fsp3) is 0.174. The third kappa shape index (κ3) is 4.11. The van der Waals surface area contributed by atoms with E-state index in [-0.39, 0.29) is 5.97 Å². The van der Waals surface area contributed by atoms with Gasteiger partial charge in [0.2, 0.25) is 0 Å². The van der Waals surface area contributed by atoms with Gasteiger partial charge in [-0.05, 0) is 42.3 Å². The number of rotatable bonds is 7. The number of benzene rings is 2. The number of thiophene rings is 1. The molecule has 0 atom stereocenters. The van der Waals surface area contributed by atoms with Crippen molar-refractivity contribution in [3.63, 3.8) is 0 Å².